The maximum Gasteiger partial charge on any atom is 0.276 e. The first-order chi connectivity index (χ1) is 13.5. The van der Waals surface area contributed by atoms with Gasteiger partial charge in [0.25, 0.3) is 5.91 Å². The third kappa shape index (κ3) is 3.95. The van der Waals surface area contributed by atoms with Crippen molar-refractivity contribution in [1.82, 2.24) is 24.2 Å². The second-order valence-electron chi connectivity index (χ2n) is 7.51. The van der Waals surface area contributed by atoms with Crippen LogP contribution >= 0.6 is 0 Å². The number of amides is 1. The van der Waals surface area contributed by atoms with E-state index in [2.05, 4.69) is 10.3 Å². The van der Waals surface area contributed by atoms with Crippen LogP contribution in [0.2, 0.25) is 0 Å². The average Bonchev–Trinajstić information content (AvgIpc) is 3.41. The molecule has 0 radical (unpaired) electrons. The van der Waals surface area contributed by atoms with Gasteiger partial charge >= 0.3 is 0 Å². The summed E-state index contributed by atoms with van der Waals surface area (Å²) >= 11 is 0. The molecule has 2 aliphatic heterocycles. The molecule has 1 aromatic carbocycles. The van der Waals surface area contributed by atoms with Gasteiger partial charge in [0.15, 0.2) is 5.69 Å². The fourth-order valence-electron chi connectivity index (χ4n) is 3.97. The molecule has 1 unspecified atom stereocenters. The average molecular weight is 404 g/mol. The van der Waals surface area contributed by atoms with Crippen molar-refractivity contribution in [1.29, 1.82) is 0 Å². The number of piperidine rings is 1. The number of carbonyl (C=O) groups excluding carboxylic acids is 1. The number of hydrogen-bond acceptors (Lipinski definition) is 5. The minimum Gasteiger partial charge on any atom is -0.337 e. The Morgan fingerprint density at radius 3 is 2.57 bits per heavy atom. The highest BCUT2D eigenvalue weighted by atomic mass is 32.2. The molecule has 8 nitrogen and oxygen atoms in total. The summed E-state index contributed by atoms with van der Waals surface area (Å²) in [5.74, 6) is 0.0735. The standard InChI is InChI=1S/C19H25N5O3S/c25-19(22-10-4-5-11-22)18-15-23(21-20-18)13-16-7-6-12-24(14-16)28(26,27)17-8-2-1-3-9-17/h1-3,8-9,15-16H,4-7,10-14H2. The van der Waals surface area contributed by atoms with Crippen LogP contribution in [-0.4, -0.2) is 64.7 Å². The lowest BCUT2D eigenvalue weighted by Gasteiger charge is -2.31. The number of carbonyl (C=O) groups is 1. The molecule has 4 rings (SSSR count). The van der Waals surface area contributed by atoms with Crippen LogP contribution in [0.5, 0.6) is 0 Å². The van der Waals surface area contributed by atoms with Gasteiger partial charge < -0.3 is 4.90 Å². The van der Waals surface area contributed by atoms with Crippen molar-refractivity contribution in [2.24, 2.45) is 5.92 Å². The minimum absolute atomic E-state index is 0.0688. The Kier molecular flexibility index (Phi) is 5.45. The van der Waals surface area contributed by atoms with Gasteiger partial charge in [-0.05, 0) is 43.7 Å². The van der Waals surface area contributed by atoms with E-state index in [4.69, 9.17) is 0 Å². The lowest BCUT2D eigenvalue weighted by molar-refractivity contribution is 0.0787. The number of sulfonamides is 1. The number of benzene rings is 1. The first-order valence-electron chi connectivity index (χ1n) is 9.78. The van der Waals surface area contributed by atoms with Crippen molar-refractivity contribution in [3.05, 3.63) is 42.2 Å². The Bertz CT molecular complexity index is 922. The molecule has 28 heavy (non-hydrogen) atoms. The van der Waals surface area contributed by atoms with E-state index in [9.17, 15) is 13.2 Å². The van der Waals surface area contributed by atoms with Gasteiger partial charge in [0.05, 0.1) is 11.1 Å². The zero-order chi connectivity index (χ0) is 19.6. The van der Waals surface area contributed by atoms with Crippen molar-refractivity contribution >= 4 is 15.9 Å². The van der Waals surface area contributed by atoms with E-state index < -0.39 is 10.0 Å². The Morgan fingerprint density at radius 2 is 1.82 bits per heavy atom. The van der Waals surface area contributed by atoms with Gasteiger partial charge in [-0.3, -0.25) is 9.48 Å². The Balaban J connectivity index is 1.41. The minimum atomic E-state index is -3.48. The van der Waals surface area contributed by atoms with Crippen molar-refractivity contribution in [3.63, 3.8) is 0 Å². The number of rotatable bonds is 5. The molecule has 1 atom stereocenters. The maximum atomic E-state index is 12.9. The zero-order valence-electron chi connectivity index (χ0n) is 15.8. The molecule has 3 heterocycles. The monoisotopic (exact) mass is 403 g/mol. The Hall–Kier alpha value is -2.26. The molecule has 2 aliphatic rings. The summed E-state index contributed by atoms with van der Waals surface area (Å²) in [6, 6.07) is 8.55. The van der Waals surface area contributed by atoms with Crippen LogP contribution in [0.25, 0.3) is 0 Å². The summed E-state index contributed by atoms with van der Waals surface area (Å²) in [5, 5.41) is 8.13. The summed E-state index contributed by atoms with van der Waals surface area (Å²) in [4.78, 5) is 14.6. The number of nitrogens with zero attached hydrogens (tertiary/aromatic N) is 5. The number of aromatic nitrogens is 3. The zero-order valence-corrected chi connectivity index (χ0v) is 16.6. The maximum absolute atomic E-state index is 12.9. The first kappa shape index (κ1) is 19.1. The first-order valence-corrected chi connectivity index (χ1v) is 11.2. The summed E-state index contributed by atoms with van der Waals surface area (Å²) in [7, 11) is -3.48. The van der Waals surface area contributed by atoms with Gasteiger partial charge in [-0.15, -0.1) is 5.10 Å². The summed E-state index contributed by atoms with van der Waals surface area (Å²) in [5.41, 5.74) is 0.367. The highest BCUT2D eigenvalue weighted by Crippen LogP contribution is 2.24. The normalized spacial score (nSPS) is 21.1. The van der Waals surface area contributed by atoms with Crippen LogP contribution in [0.4, 0.5) is 0 Å². The van der Waals surface area contributed by atoms with Crippen LogP contribution in [0.3, 0.4) is 0 Å². The molecule has 0 spiro atoms. The second-order valence-corrected chi connectivity index (χ2v) is 9.45. The van der Waals surface area contributed by atoms with E-state index in [-0.39, 0.29) is 11.8 Å². The van der Waals surface area contributed by atoms with E-state index in [1.54, 1.807) is 39.4 Å². The molecule has 0 N–H and O–H groups in total. The molecule has 1 amide bonds. The van der Waals surface area contributed by atoms with Gasteiger partial charge in [0.1, 0.15) is 0 Å². The third-order valence-corrected chi connectivity index (χ3v) is 7.34. The van der Waals surface area contributed by atoms with Crippen LogP contribution in [-0.2, 0) is 16.6 Å². The fraction of sp³-hybridized carbons (Fsp3) is 0.526. The van der Waals surface area contributed by atoms with Crippen molar-refractivity contribution in [2.75, 3.05) is 26.2 Å². The number of hydrogen-bond donors (Lipinski definition) is 0. The van der Waals surface area contributed by atoms with E-state index in [1.165, 1.54) is 0 Å². The molecule has 0 aliphatic carbocycles. The fourth-order valence-corrected chi connectivity index (χ4v) is 5.54. The molecule has 150 valence electrons. The predicted octanol–water partition coefficient (Wildman–Crippen LogP) is 1.61. The molecule has 0 saturated carbocycles. The largest absolute Gasteiger partial charge is 0.337 e. The molecular weight excluding hydrogens is 378 g/mol. The second kappa shape index (κ2) is 8.00. The smallest absolute Gasteiger partial charge is 0.276 e. The van der Waals surface area contributed by atoms with Crippen LogP contribution < -0.4 is 0 Å². The molecule has 2 aromatic rings. The summed E-state index contributed by atoms with van der Waals surface area (Å²) < 4.78 is 29.0. The molecule has 1 aromatic heterocycles. The topological polar surface area (TPSA) is 88.4 Å². The highest BCUT2D eigenvalue weighted by Gasteiger charge is 2.30. The van der Waals surface area contributed by atoms with Crippen molar-refractivity contribution in [3.8, 4) is 0 Å². The van der Waals surface area contributed by atoms with Gasteiger partial charge in [0, 0.05) is 32.7 Å². The van der Waals surface area contributed by atoms with Crippen molar-refractivity contribution in [2.45, 2.75) is 37.1 Å². The van der Waals surface area contributed by atoms with Crippen LogP contribution in [0.1, 0.15) is 36.2 Å². The molecule has 0 bridgehead atoms. The Labute approximate surface area is 165 Å². The lowest BCUT2D eigenvalue weighted by atomic mass is 10.00. The van der Waals surface area contributed by atoms with Crippen molar-refractivity contribution < 1.29 is 13.2 Å². The summed E-state index contributed by atoms with van der Waals surface area (Å²) in [6.45, 7) is 3.10. The number of likely N-dealkylation sites (tertiary alicyclic amines) is 1. The molecule has 9 heteroatoms. The van der Waals surface area contributed by atoms with Gasteiger partial charge in [0.2, 0.25) is 10.0 Å². The molecule has 2 fully saturated rings. The van der Waals surface area contributed by atoms with Gasteiger partial charge in [-0.25, -0.2) is 8.42 Å². The SMILES string of the molecule is O=C(c1cn(CC2CCCN(S(=O)(=O)c3ccccc3)C2)nn1)N1CCCC1. The Morgan fingerprint density at radius 1 is 1.07 bits per heavy atom. The quantitative estimate of drug-likeness (QED) is 0.757. The van der Waals surface area contributed by atoms with Crippen LogP contribution in [0.15, 0.2) is 41.4 Å². The summed E-state index contributed by atoms with van der Waals surface area (Å²) in [6.07, 6.45) is 5.49. The lowest BCUT2D eigenvalue weighted by Crippen LogP contribution is -2.41. The van der Waals surface area contributed by atoms with Gasteiger partial charge in [-0.2, -0.15) is 4.31 Å². The highest BCUT2D eigenvalue weighted by molar-refractivity contribution is 7.89. The van der Waals surface area contributed by atoms with Crippen LogP contribution in [0, 0.1) is 5.92 Å². The predicted molar refractivity (Wildman–Crippen MR) is 103 cm³/mol. The molecule has 2 saturated heterocycles. The van der Waals surface area contributed by atoms with E-state index in [0.717, 1.165) is 38.8 Å². The van der Waals surface area contributed by atoms with E-state index >= 15 is 0 Å². The third-order valence-electron chi connectivity index (χ3n) is 5.46. The van der Waals surface area contributed by atoms with E-state index in [0.29, 0.717) is 30.2 Å². The molecular formula is C19H25N5O3S. The van der Waals surface area contributed by atoms with E-state index in [1.807, 2.05) is 11.0 Å². The van der Waals surface area contributed by atoms with Gasteiger partial charge in [-0.1, -0.05) is 23.4 Å².